The van der Waals surface area contributed by atoms with Gasteiger partial charge in [0.15, 0.2) is 0 Å². The topological polar surface area (TPSA) is 22.0 Å². The van der Waals surface area contributed by atoms with E-state index in [9.17, 15) is 4.79 Å². The first kappa shape index (κ1) is 8.54. The monoisotopic (exact) mass is 177 g/mol. The van der Waals surface area contributed by atoms with Crippen LogP contribution in [0.2, 0.25) is 0 Å². The molecule has 0 radical (unpaired) electrons. The van der Waals surface area contributed by atoms with Gasteiger partial charge < -0.3 is 4.57 Å². The molecule has 0 spiro atoms. The highest BCUT2D eigenvalue weighted by atomic mass is 16.1. The Morgan fingerprint density at radius 1 is 1.54 bits per heavy atom. The second-order valence-corrected chi connectivity index (χ2v) is 3.70. The van der Waals surface area contributed by atoms with Gasteiger partial charge in [-0.2, -0.15) is 0 Å². The first-order chi connectivity index (χ1) is 6.31. The number of rotatable bonds is 2. The molecule has 1 aliphatic rings. The average Bonchev–Trinajstić information content (AvgIpc) is 2.49. The predicted octanol–water partition coefficient (Wildman–Crippen LogP) is 1.96. The van der Waals surface area contributed by atoms with Crippen molar-refractivity contribution in [1.29, 1.82) is 0 Å². The molecule has 1 aromatic heterocycles. The average molecular weight is 177 g/mol. The fraction of sp³-hybridized carbons (Fsp3) is 0.545. The van der Waals surface area contributed by atoms with E-state index in [4.69, 9.17) is 0 Å². The van der Waals surface area contributed by atoms with Crippen molar-refractivity contribution in [2.45, 2.75) is 39.2 Å². The fourth-order valence-corrected chi connectivity index (χ4v) is 1.99. The van der Waals surface area contributed by atoms with Gasteiger partial charge >= 0.3 is 0 Å². The number of fused-ring (bicyclic) bond motifs is 1. The Hall–Kier alpha value is -1.05. The quantitative estimate of drug-likeness (QED) is 0.676. The smallest absolute Gasteiger partial charge is 0.140 e. The van der Waals surface area contributed by atoms with Gasteiger partial charge in [0, 0.05) is 31.3 Å². The third-order valence-electron chi connectivity index (χ3n) is 2.69. The van der Waals surface area contributed by atoms with Crippen LogP contribution >= 0.6 is 0 Å². The summed E-state index contributed by atoms with van der Waals surface area (Å²) in [6, 6.07) is 2.16. The van der Waals surface area contributed by atoms with Gasteiger partial charge in [0.25, 0.3) is 0 Å². The zero-order valence-electron chi connectivity index (χ0n) is 8.05. The number of carbonyl (C=O) groups is 1. The molecule has 70 valence electrons. The van der Waals surface area contributed by atoms with Gasteiger partial charge in [0.1, 0.15) is 5.78 Å². The molecule has 13 heavy (non-hydrogen) atoms. The summed E-state index contributed by atoms with van der Waals surface area (Å²) < 4.78 is 2.23. The number of hydrogen-bond donors (Lipinski definition) is 0. The summed E-state index contributed by atoms with van der Waals surface area (Å²) in [6.45, 7) is 3.06. The lowest BCUT2D eigenvalue weighted by Gasteiger charge is -2.15. The van der Waals surface area contributed by atoms with Gasteiger partial charge in [-0.05, 0) is 18.1 Å². The third kappa shape index (κ3) is 1.53. The molecular weight excluding hydrogens is 162 g/mol. The van der Waals surface area contributed by atoms with Crippen molar-refractivity contribution in [3.63, 3.8) is 0 Å². The molecule has 1 aliphatic heterocycles. The van der Waals surface area contributed by atoms with Crippen molar-refractivity contribution in [2.24, 2.45) is 0 Å². The van der Waals surface area contributed by atoms with Crippen LogP contribution < -0.4 is 0 Å². The van der Waals surface area contributed by atoms with Crippen LogP contribution in [0.3, 0.4) is 0 Å². The van der Waals surface area contributed by atoms with E-state index >= 15 is 0 Å². The van der Waals surface area contributed by atoms with Crippen LogP contribution in [0, 0.1) is 0 Å². The zero-order chi connectivity index (χ0) is 9.26. The molecule has 0 saturated heterocycles. The van der Waals surface area contributed by atoms with Crippen LogP contribution in [0.4, 0.5) is 0 Å². The van der Waals surface area contributed by atoms with Gasteiger partial charge in [-0.15, -0.1) is 0 Å². The van der Waals surface area contributed by atoms with Gasteiger partial charge in [0.05, 0.1) is 0 Å². The summed E-state index contributed by atoms with van der Waals surface area (Å²) in [5.74, 6) is 0.392. The normalized spacial score (nSPS) is 15.9. The minimum absolute atomic E-state index is 0.392. The van der Waals surface area contributed by atoms with Crippen molar-refractivity contribution < 1.29 is 4.79 Å². The van der Waals surface area contributed by atoms with Crippen molar-refractivity contribution in [2.75, 3.05) is 0 Å². The highest BCUT2D eigenvalue weighted by molar-refractivity contribution is 5.81. The standard InChI is InChI=1S/C11H15NO/c1-2-3-9-4-6-12-7-5-10(13)8-11(9)12/h4,6H,2-3,5,7-8H2,1H3. The summed E-state index contributed by atoms with van der Waals surface area (Å²) in [4.78, 5) is 11.3. The van der Waals surface area contributed by atoms with Crippen molar-refractivity contribution >= 4 is 5.78 Å². The molecule has 0 bridgehead atoms. The maximum atomic E-state index is 11.3. The van der Waals surface area contributed by atoms with E-state index < -0.39 is 0 Å². The number of nitrogens with zero attached hydrogens (tertiary/aromatic N) is 1. The molecule has 0 unspecified atom stereocenters. The van der Waals surface area contributed by atoms with Crippen LogP contribution in [0.25, 0.3) is 0 Å². The Morgan fingerprint density at radius 2 is 2.38 bits per heavy atom. The lowest BCUT2D eigenvalue weighted by atomic mass is 10.0. The Labute approximate surface area is 78.6 Å². The van der Waals surface area contributed by atoms with E-state index in [0.29, 0.717) is 18.6 Å². The number of ketones is 1. The van der Waals surface area contributed by atoms with Crippen LogP contribution in [-0.4, -0.2) is 10.4 Å². The number of Topliss-reactive ketones (excluding diaryl/α,β-unsaturated/α-hetero) is 1. The van der Waals surface area contributed by atoms with Crippen LogP contribution in [0.1, 0.15) is 31.0 Å². The maximum absolute atomic E-state index is 11.3. The minimum Gasteiger partial charge on any atom is -0.350 e. The highest BCUT2D eigenvalue weighted by Gasteiger charge is 2.17. The maximum Gasteiger partial charge on any atom is 0.140 e. The summed E-state index contributed by atoms with van der Waals surface area (Å²) in [7, 11) is 0. The fourth-order valence-electron chi connectivity index (χ4n) is 1.99. The molecule has 2 rings (SSSR count). The van der Waals surface area contributed by atoms with E-state index in [2.05, 4.69) is 23.8 Å². The lowest BCUT2D eigenvalue weighted by Crippen LogP contribution is -2.18. The molecule has 2 nitrogen and oxygen atoms in total. The summed E-state index contributed by atoms with van der Waals surface area (Å²) >= 11 is 0. The summed E-state index contributed by atoms with van der Waals surface area (Å²) in [6.07, 6.45) is 5.75. The van der Waals surface area contributed by atoms with Crippen molar-refractivity contribution in [1.82, 2.24) is 4.57 Å². The zero-order valence-corrected chi connectivity index (χ0v) is 8.05. The van der Waals surface area contributed by atoms with Gasteiger partial charge in [-0.1, -0.05) is 13.3 Å². The Balaban J connectivity index is 2.29. The molecule has 0 N–H and O–H groups in total. The second-order valence-electron chi connectivity index (χ2n) is 3.70. The second kappa shape index (κ2) is 3.36. The third-order valence-corrected chi connectivity index (χ3v) is 2.69. The van der Waals surface area contributed by atoms with Crippen molar-refractivity contribution in [3.05, 3.63) is 23.5 Å². The van der Waals surface area contributed by atoms with Gasteiger partial charge in [-0.25, -0.2) is 0 Å². The molecule has 2 heterocycles. The van der Waals surface area contributed by atoms with Crippen LogP contribution in [0.5, 0.6) is 0 Å². The van der Waals surface area contributed by atoms with Gasteiger partial charge in [0.2, 0.25) is 0 Å². The van der Waals surface area contributed by atoms with Gasteiger partial charge in [-0.3, -0.25) is 4.79 Å². The largest absolute Gasteiger partial charge is 0.350 e. The molecule has 0 atom stereocenters. The van der Waals surface area contributed by atoms with Crippen LogP contribution in [0.15, 0.2) is 12.3 Å². The molecule has 0 fully saturated rings. The van der Waals surface area contributed by atoms with E-state index in [1.165, 1.54) is 11.3 Å². The summed E-state index contributed by atoms with van der Waals surface area (Å²) in [5.41, 5.74) is 2.63. The Kier molecular flexibility index (Phi) is 2.21. The molecule has 0 saturated carbocycles. The predicted molar refractivity (Wildman–Crippen MR) is 51.8 cm³/mol. The molecule has 0 aliphatic carbocycles. The lowest BCUT2D eigenvalue weighted by molar-refractivity contribution is -0.119. The number of aryl methyl sites for hydroxylation is 2. The Bertz CT molecular complexity index is 325. The Morgan fingerprint density at radius 3 is 3.15 bits per heavy atom. The van der Waals surface area contributed by atoms with Crippen molar-refractivity contribution in [3.8, 4) is 0 Å². The van der Waals surface area contributed by atoms with Crippen LogP contribution in [-0.2, 0) is 24.2 Å². The molecule has 1 aromatic rings. The molecule has 2 heteroatoms. The molecular formula is C11H15NO. The van der Waals surface area contributed by atoms with E-state index in [0.717, 1.165) is 19.4 Å². The van der Waals surface area contributed by atoms with E-state index in [-0.39, 0.29) is 0 Å². The molecule has 0 aromatic carbocycles. The first-order valence-electron chi connectivity index (χ1n) is 5.00. The number of hydrogen-bond acceptors (Lipinski definition) is 1. The highest BCUT2D eigenvalue weighted by Crippen LogP contribution is 2.19. The van der Waals surface area contributed by atoms with E-state index in [1.807, 2.05) is 0 Å². The minimum atomic E-state index is 0.392. The summed E-state index contributed by atoms with van der Waals surface area (Å²) in [5, 5.41) is 0. The first-order valence-corrected chi connectivity index (χ1v) is 5.00. The molecule has 0 amide bonds. The van der Waals surface area contributed by atoms with E-state index in [1.54, 1.807) is 0 Å². The number of carbonyl (C=O) groups excluding carboxylic acids is 1. The number of aromatic nitrogens is 1. The SMILES string of the molecule is CCCc1ccn2c1CC(=O)CC2.